The predicted octanol–water partition coefficient (Wildman–Crippen LogP) is 4.14. The largest absolute Gasteiger partial charge is 0.349 e. The first-order chi connectivity index (χ1) is 12.1. The summed E-state index contributed by atoms with van der Waals surface area (Å²) < 4.78 is 13.8. The van der Waals surface area contributed by atoms with Crippen LogP contribution in [0, 0.1) is 5.82 Å². The minimum absolute atomic E-state index is 0.0509. The lowest BCUT2D eigenvalue weighted by atomic mass is 9.95. The maximum absolute atomic E-state index is 13.8. The summed E-state index contributed by atoms with van der Waals surface area (Å²) in [5.41, 5.74) is 0.715. The van der Waals surface area contributed by atoms with E-state index in [1.165, 1.54) is 24.6 Å². The molecule has 1 saturated carbocycles. The third kappa shape index (κ3) is 4.24. The molecular formula is C20H21FN2O2. The Morgan fingerprint density at radius 3 is 2.20 bits per heavy atom. The van der Waals surface area contributed by atoms with Gasteiger partial charge in [0, 0.05) is 6.04 Å². The Morgan fingerprint density at radius 1 is 0.840 bits per heavy atom. The molecule has 0 unspecified atom stereocenters. The van der Waals surface area contributed by atoms with Gasteiger partial charge in [-0.3, -0.25) is 9.59 Å². The molecule has 3 rings (SSSR count). The van der Waals surface area contributed by atoms with Gasteiger partial charge in [0.2, 0.25) is 0 Å². The van der Waals surface area contributed by atoms with Crippen molar-refractivity contribution in [2.75, 3.05) is 5.32 Å². The van der Waals surface area contributed by atoms with E-state index in [-0.39, 0.29) is 17.5 Å². The highest BCUT2D eigenvalue weighted by molar-refractivity contribution is 6.09. The molecule has 0 saturated heterocycles. The molecule has 0 aliphatic heterocycles. The van der Waals surface area contributed by atoms with E-state index in [0.29, 0.717) is 11.3 Å². The van der Waals surface area contributed by atoms with Crippen molar-refractivity contribution in [3.63, 3.8) is 0 Å². The maximum Gasteiger partial charge on any atom is 0.258 e. The molecule has 2 N–H and O–H groups in total. The van der Waals surface area contributed by atoms with Gasteiger partial charge in [0.15, 0.2) is 0 Å². The number of carbonyl (C=O) groups excluding carboxylic acids is 2. The highest BCUT2D eigenvalue weighted by Crippen LogP contribution is 2.20. The molecule has 1 fully saturated rings. The van der Waals surface area contributed by atoms with Gasteiger partial charge in [0.05, 0.1) is 16.8 Å². The third-order valence-electron chi connectivity index (χ3n) is 4.48. The van der Waals surface area contributed by atoms with Crippen molar-refractivity contribution in [3.05, 3.63) is 65.5 Å². The van der Waals surface area contributed by atoms with Crippen molar-refractivity contribution in [2.24, 2.45) is 0 Å². The van der Waals surface area contributed by atoms with Crippen LogP contribution in [0.25, 0.3) is 0 Å². The van der Waals surface area contributed by atoms with Gasteiger partial charge in [-0.1, -0.05) is 43.5 Å². The zero-order chi connectivity index (χ0) is 17.6. The summed E-state index contributed by atoms with van der Waals surface area (Å²) in [5.74, 6) is -1.38. The van der Waals surface area contributed by atoms with Crippen molar-refractivity contribution >= 4 is 17.5 Å². The van der Waals surface area contributed by atoms with Crippen LogP contribution in [0.15, 0.2) is 48.5 Å². The van der Waals surface area contributed by atoms with Crippen LogP contribution >= 0.6 is 0 Å². The van der Waals surface area contributed by atoms with E-state index in [1.807, 2.05) is 0 Å². The van der Waals surface area contributed by atoms with E-state index in [2.05, 4.69) is 10.6 Å². The molecule has 5 heteroatoms. The van der Waals surface area contributed by atoms with E-state index >= 15 is 0 Å². The first-order valence-electron chi connectivity index (χ1n) is 8.61. The lowest BCUT2D eigenvalue weighted by Gasteiger charge is -2.23. The van der Waals surface area contributed by atoms with Gasteiger partial charge in [0.25, 0.3) is 11.8 Å². The van der Waals surface area contributed by atoms with Gasteiger partial charge >= 0.3 is 0 Å². The Morgan fingerprint density at radius 2 is 1.48 bits per heavy atom. The van der Waals surface area contributed by atoms with Gasteiger partial charge in [0.1, 0.15) is 5.82 Å². The van der Waals surface area contributed by atoms with E-state index in [0.717, 1.165) is 25.7 Å². The summed E-state index contributed by atoms with van der Waals surface area (Å²) >= 11 is 0. The van der Waals surface area contributed by atoms with Crippen LogP contribution < -0.4 is 10.6 Å². The van der Waals surface area contributed by atoms with Crippen molar-refractivity contribution < 1.29 is 14.0 Å². The van der Waals surface area contributed by atoms with Gasteiger partial charge in [-0.2, -0.15) is 0 Å². The summed E-state index contributed by atoms with van der Waals surface area (Å²) in [6.07, 6.45) is 5.42. The minimum Gasteiger partial charge on any atom is -0.349 e. The summed E-state index contributed by atoms with van der Waals surface area (Å²) in [4.78, 5) is 24.9. The summed E-state index contributed by atoms with van der Waals surface area (Å²) in [6.45, 7) is 0. The fourth-order valence-corrected chi connectivity index (χ4v) is 3.14. The molecule has 25 heavy (non-hydrogen) atoms. The van der Waals surface area contributed by atoms with E-state index < -0.39 is 11.7 Å². The molecule has 130 valence electrons. The molecule has 0 bridgehead atoms. The van der Waals surface area contributed by atoms with Crippen LogP contribution in [-0.2, 0) is 0 Å². The molecule has 1 aliphatic carbocycles. The normalized spacial score (nSPS) is 14.8. The molecule has 2 amide bonds. The fourth-order valence-electron chi connectivity index (χ4n) is 3.14. The van der Waals surface area contributed by atoms with Crippen molar-refractivity contribution in [3.8, 4) is 0 Å². The second kappa shape index (κ2) is 7.92. The molecule has 0 atom stereocenters. The number of hydrogen-bond acceptors (Lipinski definition) is 2. The third-order valence-corrected chi connectivity index (χ3v) is 4.48. The molecule has 0 aromatic heterocycles. The van der Waals surface area contributed by atoms with E-state index in [1.54, 1.807) is 30.3 Å². The number of halogens is 1. The van der Waals surface area contributed by atoms with Crippen molar-refractivity contribution in [2.45, 2.75) is 38.1 Å². The number of carbonyl (C=O) groups is 2. The smallest absolute Gasteiger partial charge is 0.258 e. The van der Waals surface area contributed by atoms with Crippen LogP contribution in [0.5, 0.6) is 0 Å². The predicted molar refractivity (Wildman–Crippen MR) is 95.1 cm³/mol. The van der Waals surface area contributed by atoms with Crippen molar-refractivity contribution in [1.29, 1.82) is 0 Å². The van der Waals surface area contributed by atoms with Gasteiger partial charge in [-0.25, -0.2) is 4.39 Å². The summed E-state index contributed by atoms with van der Waals surface area (Å²) in [5, 5.41) is 5.68. The number of benzene rings is 2. The van der Waals surface area contributed by atoms with Crippen LogP contribution in [0.3, 0.4) is 0 Å². The molecule has 0 radical (unpaired) electrons. The average molecular weight is 340 g/mol. The number of para-hydroxylation sites is 1. The quantitative estimate of drug-likeness (QED) is 0.879. The molecule has 2 aromatic carbocycles. The van der Waals surface area contributed by atoms with E-state index in [4.69, 9.17) is 0 Å². The van der Waals surface area contributed by atoms with Crippen LogP contribution in [0.4, 0.5) is 10.1 Å². The Balaban J connectivity index is 1.75. The fraction of sp³-hybridized carbons (Fsp3) is 0.300. The summed E-state index contributed by atoms with van der Waals surface area (Å²) in [6, 6.07) is 12.7. The van der Waals surface area contributed by atoms with Gasteiger partial charge < -0.3 is 10.6 Å². The van der Waals surface area contributed by atoms with Crippen LogP contribution in [0.2, 0.25) is 0 Å². The Kier molecular flexibility index (Phi) is 5.43. The number of anilines is 1. The zero-order valence-corrected chi connectivity index (χ0v) is 13.9. The Bertz CT molecular complexity index is 770. The van der Waals surface area contributed by atoms with Crippen LogP contribution in [-0.4, -0.2) is 17.9 Å². The molecule has 2 aromatic rings. The molecule has 0 spiro atoms. The number of nitrogens with one attached hydrogen (secondary N) is 2. The molecular weight excluding hydrogens is 319 g/mol. The SMILES string of the molecule is O=C(Nc1ccccc1C(=O)NC1CCCCC1)c1ccccc1F. The number of rotatable bonds is 4. The van der Waals surface area contributed by atoms with Gasteiger partial charge in [-0.05, 0) is 37.1 Å². The first-order valence-corrected chi connectivity index (χ1v) is 8.61. The molecule has 1 aliphatic rings. The highest BCUT2D eigenvalue weighted by Gasteiger charge is 2.20. The summed E-state index contributed by atoms with van der Waals surface area (Å²) in [7, 11) is 0. The number of amides is 2. The lowest BCUT2D eigenvalue weighted by Crippen LogP contribution is -2.36. The maximum atomic E-state index is 13.8. The van der Waals surface area contributed by atoms with Gasteiger partial charge in [-0.15, -0.1) is 0 Å². The zero-order valence-electron chi connectivity index (χ0n) is 13.9. The minimum atomic E-state index is -0.593. The van der Waals surface area contributed by atoms with E-state index in [9.17, 15) is 14.0 Å². The standard InChI is InChI=1S/C20H21FN2O2/c21-17-12-6-4-10-15(17)19(24)23-18-13-7-5-11-16(18)20(25)22-14-8-2-1-3-9-14/h4-7,10-14H,1-3,8-9H2,(H,22,25)(H,23,24). The monoisotopic (exact) mass is 340 g/mol. The highest BCUT2D eigenvalue weighted by atomic mass is 19.1. The topological polar surface area (TPSA) is 58.2 Å². The molecule has 4 nitrogen and oxygen atoms in total. The number of hydrogen-bond donors (Lipinski definition) is 2. The average Bonchev–Trinajstić information content (AvgIpc) is 2.63. The van der Waals surface area contributed by atoms with Crippen LogP contribution in [0.1, 0.15) is 52.8 Å². The van der Waals surface area contributed by atoms with Crippen molar-refractivity contribution in [1.82, 2.24) is 5.32 Å². The first kappa shape index (κ1) is 17.1. The Hall–Kier alpha value is -2.69. The second-order valence-corrected chi connectivity index (χ2v) is 6.29. The lowest BCUT2D eigenvalue weighted by molar-refractivity contribution is 0.0928. The second-order valence-electron chi connectivity index (χ2n) is 6.29. The molecule has 0 heterocycles. The Labute approximate surface area is 146 Å².